The van der Waals surface area contributed by atoms with Crippen molar-refractivity contribution in [3.63, 3.8) is 0 Å². The lowest BCUT2D eigenvalue weighted by molar-refractivity contribution is -0.132. The van der Waals surface area contributed by atoms with E-state index in [1.165, 1.54) is 12.1 Å². The number of aryl methyl sites for hydroxylation is 1. The summed E-state index contributed by atoms with van der Waals surface area (Å²) in [6.07, 6.45) is 9.17. The minimum Gasteiger partial charge on any atom is -0.285 e. The number of allylic oxidation sites excluding steroid dienone is 1. The molecule has 0 radical (unpaired) electrons. The molecule has 1 N–H and O–H groups in total. The molecule has 0 bridgehead atoms. The summed E-state index contributed by atoms with van der Waals surface area (Å²) in [5.41, 5.74) is 3.10. The zero-order chi connectivity index (χ0) is 17.9. The maximum atomic E-state index is 12.5. The molecular weight excluding hydrogens is 340 g/mol. The van der Waals surface area contributed by atoms with Crippen molar-refractivity contribution < 1.29 is 17.5 Å². The van der Waals surface area contributed by atoms with Crippen LogP contribution in [0.15, 0.2) is 41.3 Å². The highest BCUT2D eigenvalue weighted by molar-refractivity contribution is 7.86. The topological polar surface area (TPSA) is 75.7 Å². The summed E-state index contributed by atoms with van der Waals surface area (Å²) in [4.78, 5) is 14.6. The molecule has 1 aromatic rings. The molecule has 2 aliphatic rings. The van der Waals surface area contributed by atoms with E-state index in [1.54, 1.807) is 12.1 Å². The number of nitrogens with zero attached hydrogens (tertiary/aromatic N) is 1. The number of nitrogens with one attached hydrogen (secondary N) is 1. The summed E-state index contributed by atoms with van der Waals surface area (Å²) in [5.74, 6) is -0.396. The second kappa shape index (κ2) is 7.68. The fourth-order valence-electron chi connectivity index (χ4n) is 3.46. The number of benzene rings is 1. The van der Waals surface area contributed by atoms with Gasteiger partial charge in [-0.05, 0) is 57.7 Å². The zero-order valence-corrected chi connectivity index (χ0v) is 15.2. The number of carbonyl (C=O) groups excluding carboxylic acids is 1. The van der Waals surface area contributed by atoms with Gasteiger partial charge in [-0.2, -0.15) is 8.42 Å². The van der Waals surface area contributed by atoms with E-state index in [1.807, 2.05) is 6.92 Å². The highest BCUT2D eigenvalue weighted by Crippen LogP contribution is 2.26. The third-order valence-corrected chi connectivity index (χ3v) is 5.97. The van der Waals surface area contributed by atoms with E-state index >= 15 is 0 Å². The lowest BCUT2D eigenvalue weighted by atomic mass is 10.0. The normalized spacial score (nSPS) is 24.4. The first kappa shape index (κ1) is 18.1. The average molecular weight is 364 g/mol. The highest BCUT2D eigenvalue weighted by atomic mass is 32.2. The fraction of sp³-hybridized carbons (Fsp3) is 0.500. The quantitative estimate of drug-likeness (QED) is 0.641. The monoisotopic (exact) mass is 364 g/mol. The van der Waals surface area contributed by atoms with Gasteiger partial charge in [0.2, 0.25) is 0 Å². The molecule has 136 valence electrons. The molecule has 1 fully saturated rings. The van der Waals surface area contributed by atoms with Gasteiger partial charge in [0.05, 0.1) is 10.9 Å². The van der Waals surface area contributed by atoms with Gasteiger partial charge in [-0.3, -0.25) is 9.69 Å². The standard InChI is InChI=1S/C18H24N2O4S/c1-14-9-11-16(12-10-14)25(22,23)24-19-18(21)17-8-5-13-20(17)15-6-3-2-4-7-15/h3,6,9-12,15,17H,2,4-5,7-8,13H2,1H3,(H,19,21)/t15-,17-/m0/s1. The Hall–Kier alpha value is -1.70. The molecule has 1 aromatic carbocycles. The van der Waals surface area contributed by atoms with E-state index < -0.39 is 16.0 Å². The van der Waals surface area contributed by atoms with Crippen LogP contribution in [0.1, 0.15) is 37.7 Å². The first-order valence-corrected chi connectivity index (χ1v) is 10.1. The van der Waals surface area contributed by atoms with E-state index in [-0.39, 0.29) is 17.0 Å². The smallest absolute Gasteiger partial charge is 0.285 e. The van der Waals surface area contributed by atoms with Crippen molar-refractivity contribution in [1.29, 1.82) is 0 Å². The highest BCUT2D eigenvalue weighted by Gasteiger charge is 2.35. The summed E-state index contributed by atoms with van der Waals surface area (Å²) in [7, 11) is -4.01. The van der Waals surface area contributed by atoms with Gasteiger partial charge in [-0.1, -0.05) is 29.8 Å². The lowest BCUT2D eigenvalue weighted by Gasteiger charge is -2.31. The van der Waals surface area contributed by atoms with E-state index in [0.29, 0.717) is 6.42 Å². The number of amides is 1. The Morgan fingerprint density at radius 2 is 1.96 bits per heavy atom. The molecule has 0 saturated carbocycles. The number of likely N-dealkylation sites (tertiary alicyclic amines) is 1. The molecule has 6 nitrogen and oxygen atoms in total. The van der Waals surface area contributed by atoms with Crippen LogP contribution in [0.25, 0.3) is 0 Å². The summed E-state index contributed by atoms with van der Waals surface area (Å²) < 4.78 is 29.2. The number of hydrogen-bond donors (Lipinski definition) is 1. The first-order valence-electron chi connectivity index (χ1n) is 8.70. The van der Waals surface area contributed by atoms with E-state index in [0.717, 1.165) is 37.8 Å². The molecule has 1 amide bonds. The second-order valence-corrected chi connectivity index (χ2v) is 8.19. The number of hydrogen-bond acceptors (Lipinski definition) is 5. The first-order chi connectivity index (χ1) is 12.0. The zero-order valence-electron chi connectivity index (χ0n) is 14.3. The van der Waals surface area contributed by atoms with Crippen LogP contribution in [-0.4, -0.2) is 37.9 Å². The van der Waals surface area contributed by atoms with Gasteiger partial charge in [0.25, 0.3) is 5.91 Å². The number of rotatable bonds is 5. The maximum absolute atomic E-state index is 12.5. The third-order valence-electron chi connectivity index (χ3n) is 4.81. The largest absolute Gasteiger partial charge is 0.317 e. The summed E-state index contributed by atoms with van der Waals surface area (Å²) in [6.45, 7) is 2.71. The van der Waals surface area contributed by atoms with Crippen molar-refractivity contribution in [1.82, 2.24) is 10.4 Å². The van der Waals surface area contributed by atoms with Crippen molar-refractivity contribution in [2.24, 2.45) is 0 Å². The molecule has 3 rings (SSSR count). The van der Waals surface area contributed by atoms with E-state index in [2.05, 4.69) is 22.5 Å². The Bertz CT molecular complexity index is 743. The second-order valence-electron chi connectivity index (χ2n) is 6.64. The fourth-order valence-corrected chi connectivity index (χ4v) is 4.21. The predicted octanol–water partition coefficient (Wildman–Crippen LogP) is 2.30. The van der Waals surface area contributed by atoms with Gasteiger partial charge in [0, 0.05) is 6.04 Å². The Balaban J connectivity index is 1.62. The van der Waals surface area contributed by atoms with Crippen molar-refractivity contribution in [3.05, 3.63) is 42.0 Å². The van der Waals surface area contributed by atoms with Crippen LogP contribution in [0.3, 0.4) is 0 Å². The molecule has 1 aliphatic heterocycles. The van der Waals surface area contributed by atoms with Crippen molar-refractivity contribution in [2.75, 3.05) is 6.54 Å². The average Bonchev–Trinajstić information content (AvgIpc) is 3.11. The van der Waals surface area contributed by atoms with E-state index in [9.17, 15) is 13.2 Å². The van der Waals surface area contributed by atoms with Crippen molar-refractivity contribution >= 4 is 16.0 Å². The number of hydroxylamine groups is 1. The summed E-state index contributed by atoms with van der Waals surface area (Å²) >= 11 is 0. The van der Waals surface area contributed by atoms with Gasteiger partial charge in [-0.25, -0.2) is 5.48 Å². The van der Waals surface area contributed by atoms with Gasteiger partial charge >= 0.3 is 10.1 Å². The van der Waals surface area contributed by atoms with Crippen LogP contribution in [0, 0.1) is 6.92 Å². The van der Waals surface area contributed by atoms with Crippen LogP contribution in [0.2, 0.25) is 0 Å². The summed E-state index contributed by atoms with van der Waals surface area (Å²) in [5, 5.41) is 0. The Labute approximate surface area is 148 Å². The molecule has 2 atom stereocenters. The van der Waals surface area contributed by atoms with Gasteiger partial charge in [0.15, 0.2) is 0 Å². The molecule has 1 aliphatic carbocycles. The minimum atomic E-state index is -4.01. The van der Waals surface area contributed by atoms with Crippen LogP contribution in [0.5, 0.6) is 0 Å². The SMILES string of the molecule is Cc1ccc(S(=O)(=O)ONC(=O)[C@@H]2CCCN2[C@H]2C=CCCC2)cc1. The lowest BCUT2D eigenvalue weighted by Crippen LogP contribution is -2.47. The molecule has 0 aromatic heterocycles. The molecule has 7 heteroatoms. The van der Waals surface area contributed by atoms with Crippen molar-refractivity contribution in [3.8, 4) is 0 Å². The minimum absolute atomic E-state index is 0.0249. The predicted molar refractivity (Wildman–Crippen MR) is 94.1 cm³/mol. The van der Waals surface area contributed by atoms with Gasteiger partial charge in [-0.15, -0.1) is 4.28 Å². The van der Waals surface area contributed by atoms with Crippen molar-refractivity contribution in [2.45, 2.75) is 56.0 Å². The van der Waals surface area contributed by atoms with Gasteiger partial charge in [0.1, 0.15) is 0 Å². The maximum Gasteiger partial charge on any atom is 0.317 e. The molecule has 1 saturated heterocycles. The molecule has 25 heavy (non-hydrogen) atoms. The van der Waals surface area contributed by atoms with Crippen LogP contribution in [0.4, 0.5) is 0 Å². The molecular formula is C18H24N2O4S. The van der Waals surface area contributed by atoms with Gasteiger partial charge < -0.3 is 0 Å². The van der Waals surface area contributed by atoms with Crippen LogP contribution >= 0.6 is 0 Å². The number of carbonyl (C=O) groups is 1. The summed E-state index contributed by atoms with van der Waals surface area (Å²) in [6, 6.07) is 6.21. The Morgan fingerprint density at radius 1 is 1.20 bits per heavy atom. The Morgan fingerprint density at radius 3 is 2.64 bits per heavy atom. The molecule has 1 heterocycles. The van der Waals surface area contributed by atoms with Crippen LogP contribution in [-0.2, 0) is 19.2 Å². The molecule has 0 unspecified atom stereocenters. The Kier molecular flexibility index (Phi) is 5.56. The third kappa shape index (κ3) is 4.29. The van der Waals surface area contributed by atoms with Crippen LogP contribution < -0.4 is 5.48 Å². The molecule has 0 spiro atoms. The van der Waals surface area contributed by atoms with E-state index in [4.69, 9.17) is 4.28 Å².